The summed E-state index contributed by atoms with van der Waals surface area (Å²) in [5.74, 6) is 2.37. The van der Waals surface area contributed by atoms with E-state index in [0.29, 0.717) is 19.1 Å². The van der Waals surface area contributed by atoms with Gasteiger partial charge in [0.1, 0.15) is 5.75 Å². The second-order valence-corrected chi connectivity index (χ2v) is 7.88. The Bertz CT molecular complexity index is 607. The number of guanidine groups is 1. The van der Waals surface area contributed by atoms with Crippen LogP contribution in [0.1, 0.15) is 38.8 Å². The van der Waals surface area contributed by atoms with Gasteiger partial charge in [-0.25, -0.2) is 0 Å². The highest BCUT2D eigenvalue weighted by Crippen LogP contribution is 2.24. The molecule has 1 atom stereocenters. The van der Waals surface area contributed by atoms with E-state index < -0.39 is 0 Å². The van der Waals surface area contributed by atoms with Gasteiger partial charge in [0.15, 0.2) is 5.96 Å². The molecule has 1 aromatic rings. The predicted octanol–water partition coefficient (Wildman–Crippen LogP) is 3.30. The van der Waals surface area contributed by atoms with E-state index in [2.05, 4.69) is 48.4 Å². The summed E-state index contributed by atoms with van der Waals surface area (Å²) in [4.78, 5) is 7.33. The Balaban J connectivity index is 0.00000480. The van der Waals surface area contributed by atoms with Crippen molar-refractivity contribution in [2.75, 3.05) is 66.3 Å². The van der Waals surface area contributed by atoms with Crippen LogP contribution in [0.3, 0.4) is 0 Å². The molecule has 1 aliphatic rings. The molecule has 0 aliphatic carbocycles. The molecule has 1 aromatic carbocycles. The van der Waals surface area contributed by atoms with Gasteiger partial charge < -0.3 is 24.8 Å². The standard InChI is InChI=1S/C23H40N4O3.HI/c1-5-24-23(25-11-15-29-14-10-19(2)3)26-18-22(27-12-16-30-17-13-27)20-6-8-21(28-4)9-7-20;/h6-9,19,22H,5,10-18H2,1-4H3,(H2,24,25,26);1H. The molecule has 31 heavy (non-hydrogen) atoms. The van der Waals surface area contributed by atoms with Gasteiger partial charge in [-0.3, -0.25) is 9.89 Å². The van der Waals surface area contributed by atoms with E-state index >= 15 is 0 Å². The van der Waals surface area contributed by atoms with Gasteiger partial charge in [0.05, 0.1) is 39.5 Å². The summed E-state index contributed by atoms with van der Waals surface area (Å²) in [7, 11) is 1.69. The molecule has 2 rings (SSSR count). The molecule has 1 saturated heterocycles. The third kappa shape index (κ3) is 10.9. The summed E-state index contributed by atoms with van der Waals surface area (Å²) in [6, 6.07) is 8.52. The molecule has 7 nitrogen and oxygen atoms in total. The highest BCUT2D eigenvalue weighted by molar-refractivity contribution is 14.0. The van der Waals surface area contributed by atoms with Crippen molar-refractivity contribution < 1.29 is 14.2 Å². The van der Waals surface area contributed by atoms with Crippen LogP contribution >= 0.6 is 24.0 Å². The van der Waals surface area contributed by atoms with E-state index in [1.807, 2.05) is 12.1 Å². The third-order valence-electron chi connectivity index (χ3n) is 5.13. The molecular weight excluding hydrogens is 507 g/mol. The molecule has 0 radical (unpaired) electrons. The minimum absolute atomic E-state index is 0. The minimum Gasteiger partial charge on any atom is -0.497 e. The van der Waals surface area contributed by atoms with Gasteiger partial charge in [-0.1, -0.05) is 26.0 Å². The molecule has 8 heteroatoms. The molecular formula is C23H41IN4O3. The number of ether oxygens (including phenoxy) is 3. The van der Waals surface area contributed by atoms with Crippen molar-refractivity contribution in [1.29, 1.82) is 0 Å². The van der Waals surface area contributed by atoms with Gasteiger partial charge in [-0.15, -0.1) is 24.0 Å². The van der Waals surface area contributed by atoms with E-state index in [1.165, 1.54) is 5.56 Å². The number of benzene rings is 1. The lowest BCUT2D eigenvalue weighted by Crippen LogP contribution is -2.42. The summed E-state index contributed by atoms with van der Waals surface area (Å²) < 4.78 is 16.6. The van der Waals surface area contributed by atoms with Gasteiger partial charge in [0, 0.05) is 32.8 Å². The average molecular weight is 549 g/mol. The maximum absolute atomic E-state index is 5.71. The first-order valence-corrected chi connectivity index (χ1v) is 11.2. The van der Waals surface area contributed by atoms with Crippen LogP contribution in [0.5, 0.6) is 5.75 Å². The normalized spacial score (nSPS) is 16.0. The molecule has 0 bridgehead atoms. The van der Waals surface area contributed by atoms with Crippen molar-refractivity contribution in [1.82, 2.24) is 15.5 Å². The summed E-state index contributed by atoms with van der Waals surface area (Å²) in [5, 5.41) is 6.73. The zero-order valence-electron chi connectivity index (χ0n) is 19.6. The molecule has 1 fully saturated rings. The Hall–Kier alpha value is -1.10. The number of hydrogen-bond acceptors (Lipinski definition) is 5. The first-order valence-electron chi connectivity index (χ1n) is 11.2. The number of aliphatic imine (C=N–C) groups is 1. The van der Waals surface area contributed by atoms with Crippen molar-refractivity contribution in [3.05, 3.63) is 29.8 Å². The van der Waals surface area contributed by atoms with E-state index in [-0.39, 0.29) is 30.0 Å². The number of nitrogens with one attached hydrogen (secondary N) is 2. The number of hydrogen-bond donors (Lipinski definition) is 2. The molecule has 0 aromatic heterocycles. The number of halogens is 1. The number of morpholine rings is 1. The fourth-order valence-corrected chi connectivity index (χ4v) is 3.33. The Kier molecular flexibility index (Phi) is 14.9. The number of methoxy groups -OCH3 is 1. The fraction of sp³-hybridized carbons (Fsp3) is 0.696. The predicted molar refractivity (Wildman–Crippen MR) is 138 cm³/mol. The monoisotopic (exact) mass is 548 g/mol. The highest BCUT2D eigenvalue weighted by Gasteiger charge is 2.22. The number of rotatable bonds is 12. The van der Waals surface area contributed by atoms with E-state index in [4.69, 9.17) is 19.2 Å². The Morgan fingerprint density at radius 2 is 1.84 bits per heavy atom. The zero-order valence-corrected chi connectivity index (χ0v) is 21.9. The van der Waals surface area contributed by atoms with Gasteiger partial charge in [-0.05, 0) is 37.0 Å². The summed E-state index contributed by atoms with van der Waals surface area (Å²) in [6.45, 7) is 13.6. The van der Waals surface area contributed by atoms with Crippen LogP contribution in [0, 0.1) is 5.92 Å². The van der Waals surface area contributed by atoms with Crippen LogP contribution in [0.2, 0.25) is 0 Å². The van der Waals surface area contributed by atoms with Crippen LogP contribution in [-0.2, 0) is 9.47 Å². The van der Waals surface area contributed by atoms with E-state index in [1.54, 1.807) is 7.11 Å². The smallest absolute Gasteiger partial charge is 0.191 e. The van der Waals surface area contributed by atoms with Crippen LogP contribution in [0.25, 0.3) is 0 Å². The van der Waals surface area contributed by atoms with E-state index in [0.717, 1.165) is 64.1 Å². The zero-order chi connectivity index (χ0) is 21.6. The second-order valence-electron chi connectivity index (χ2n) is 7.88. The third-order valence-corrected chi connectivity index (χ3v) is 5.13. The summed E-state index contributed by atoms with van der Waals surface area (Å²) in [6.07, 6.45) is 1.09. The van der Waals surface area contributed by atoms with Gasteiger partial charge in [-0.2, -0.15) is 0 Å². The van der Waals surface area contributed by atoms with Crippen molar-refractivity contribution in [3.8, 4) is 5.75 Å². The van der Waals surface area contributed by atoms with Crippen molar-refractivity contribution in [2.24, 2.45) is 10.9 Å². The summed E-state index contributed by atoms with van der Waals surface area (Å²) in [5.41, 5.74) is 1.24. The van der Waals surface area contributed by atoms with Gasteiger partial charge in [0.2, 0.25) is 0 Å². The van der Waals surface area contributed by atoms with Crippen molar-refractivity contribution >= 4 is 29.9 Å². The molecule has 2 N–H and O–H groups in total. The van der Waals surface area contributed by atoms with Crippen molar-refractivity contribution in [2.45, 2.75) is 33.2 Å². The fourth-order valence-electron chi connectivity index (χ4n) is 3.33. The lowest BCUT2D eigenvalue weighted by molar-refractivity contribution is 0.0179. The van der Waals surface area contributed by atoms with Crippen molar-refractivity contribution in [3.63, 3.8) is 0 Å². The molecule has 1 heterocycles. The Morgan fingerprint density at radius 1 is 1.13 bits per heavy atom. The first-order chi connectivity index (χ1) is 14.6. The molecule has 1 aliphatic heterocycles. The maximum Gasteiger partial charge on any atom is 0.191 e. The molecule has 0 amide bonds. The number of nitrogens with zero attached hydrogens (tertiary/aromatic N) is 2. The molecule has 178 valence electrons. The first kappa shape index (κ1) is 27.9. The second kappa shape index (κ2) is 16.5. The topological polar surface area (TPSA) is 67.4 Å². The van der Waals surface area contributed by atoms with Crippen LogP contribution in [-0.4, -0.2) is 77.1 Å². The molecule has 0 saturated carbocycles. The van der Waals surface area contributed by atoms with Gasteiger partial charge >= 0.3 is 0 Å². The van der Waals surface area contributed by atoms with Crippen LogP contribution < -0.4 is 15.4 Å². The van der Waals surface area contributed by atoms with Crippen LogP contribution in [0.4, 0.5) is 0 Å². The minimum atomic E-state index is 0. The lowest BCUT2D eigenvalue weighted by atomic mass is 10.0. The maximum atomic E-state index is 5.71. The Labute approximate surface area is 205 Å². The molecule has 0 spiro atoms. The highest BCUT2D eigenvalue weighted by atomic mass is 127. The van der Waals surface area contributed by atoms with E-state index in [9.17, 15) is 0 Å². The quantitative estimate of drug-likeness (QED) is 0.181. The summed E-state index contributed by atoms with van der Waals surface area (Å²) >= 11 is 0. The largest absolute Gasteiger partial charge is 0.497 e. The lowest BCUT2D eigenvalue weighted by Gasteiger charge is -2.34. The Morgan fingerprint density at radius 3 is 2.45 bits per heavy atom. The molecule has 1 unspecified atom stereocenters. The van der Waals surface area contributed by atoms with Crippen LogP contribution in [0.15, 0.2) is 29.3 Å². The average Bonchev–Trinajstić information content (AvgIpc) is 2.77. The SMILES string of the molecule is CCNC(=NCC(c1ccc(OC)cc1)N1CCOCC1)NCCOCCC(C)C.I. The van der Waals surface area contributed by atoms with Gasteiger partial charge in [0.25, 0.3) is 0 Å².